The van der Waals surface area contributed by atoms with Crippen molar-refractivity contribution < 1.29 is 4.79 Å². The molecule has 0 saturated heterocycles. The van der Waals surface area contributed by atoms with Crippen LogP contribution in [0.1, 0.15) is 43.2 Å². The minimum atomic E-state index is 0.00496. The molecule has 3 nitrogen and oxygen atoms in total. The van der Waals surface area contributed by atoms with Crippen LogP contribution in [0.2, 0.25) is 5.15 Å². The van der Waals surface area contributed by atoms with Gasteiger partial charge in [-0.1, -0.05) is 38.8 Å². The van der Waals surface area contributed by atoms with Gasteiger partial charge < -0.3 is 4.90 Å². The first kappa shape index (κ1) is 15.0. The Balaban J connectivity index is 2.91. The lowest BCUT2D eigenvalue weighted by atomic mass is 10.1. The fraction of sp³-hybridized carbons (Fsp3) is 0.571. The van der Waals surface area contributed by atoms with Gasteiger partial charge in [-0.3, -0.25) is 4.79 Å². The summed E-state index contributed by atoms with van der Waals surface area (Å²) in [6, 6.07) is 3.48. The highest BCUT2D eigenvalue weighted by molar-refractivity contribution is 6.29. The Morgan fingerprint density at radius 1 is 1.44 bits per heavy atom. The average Bonchev–Trinajstić information content (AvgIpc) is 2.26. The van der Waals surface area contributed by atoms with E-state index in [-0.39, 0.29) is 5.91 Å². The second kappa shape index (κ2) is 6.74. The van der Waals surface area contributed by atoms with Gasteiger partial charge in [0.15, 0.2) is 0 Å². The maximum Gasteiger partial charge on any atom is 0.253 e. The van der Waals surface area contributed by atoms with Gasteiger partial charge in [0.05, 0.1) is 0 Å². The summed E-state index contributed by atoms with van der Waals surface area (Å²) >= 11 is 5.96. The Morgan fingerprint density at radius 2 is 2.11 bits per heavy atom. The number of pyridine rings is 1. The third kappa shape index (κ3) is 4.30. The molecule has 0 aromatic carbocycles. The third-order valence-corrected chi connectivity index (χ3v) is 2.78. The first-order chi connectivity index (χ1) is 8.43. The van der Waals surface area contributed by atoms with E-state index in [1.54, 1.807) is 11.0 Å². The van der Waals surface area contributed by atoms with E-state index in [1.165, 1.54) is 0 Å². The van der Waals surface area contributed by atoms with E-state index >= 15 is 0 Å². The summed E-state index contributed by atoms with van der Waals surface area (Å²) in [5.41, 5.74) is 1.51. The molecule has 1 amide bonds. The van der Waals surface area contributed by atoms with E-state index in [2.05, 4.69) is 25.8 Å². The zero-order valence-electron chi connectivity index (χ0n) is 11.5. The third-order valence-electron chi connectivity index (χ3n) is 2.59. The van der Waals surface area contributed by atoms with E-state index in [0.717, 1.165) is 25.1 Å². The Bertz CT molecular complexity index is 418. The van der Waals surface area contributed by atoms with Crippen molar-refractivity contribution in [1.29, 1.82) is 0 Å². The Labute approximate surface area is 114 Å². The number of carbonyl (C=O) groups excluding carboxylic acids is 1. The highest BCUT2D eigenvalue weighted by Gasteiger charge is 2.14. The van der Waals surface area contributed by atoms with Gasteiger partial charge in [0, 0.05) is 24.8 Å². The Kier molecular flexibility index (Phi) is 5.60. The van der Waals surface area contributed by atoms with Crippen LogP contribution in [0, 0.1) is 5.92 Å². The van der Waals surface area contributed by atoms with Crippen molar-refractivity contribution in [2.24, 2.45) is 5.92 Å². The second-order valence-corrected chi connectivity index (χ2v) is 5.39. The lowest BCUT2D eigenvalue weighted by Gasteiger charge is -2.19. The van der Waals surface area contributed by atoms with Gasteiger partial charge in [-0.25, -0.2) is 4.98 Å². The molecule has 0 spiro atoms. The van der Waals surface area contributed by atoms with Crippen LogP contribution in [0.5, 0.6) is 0 Å². The van der Waals surface area contributed by atoms with Crippen LogP contribution in [-0.2, 0) is 6.42 Å². The molecule has 0 radical (unpaired) electrons. The molecule has 1 aromatic heterocycles. The molecule has 0 aliphatic rings. The van der Waals surface area contributed by atoms with Gasteiger partial charge in [0.25, 0.3) is 5.91 Å². The fourth-order valence-electron chi connectivity index (χ4n) is 1.91. The topological polar surface area (TPSA) is 33.2 Å². The molecule has 0 N–H and O–H groups in total. The maximum atomic E-state index is 12.2. The number of hydrogen-bond acceptors (Lipinski definition) is 2. The molecule has 0 aliphatic carbocycles. The molecular weight excluding hydrogens is 248 g/mol. The number of rotatable bonds is 5. The number of carbonyl (C=O) groups is 1. The Hall–Kier alpha value is -1.09. The van der Waals surface area contributed by atoms with Gasteiger partial charge in [0.2, 0.25) is 0 Å². The molecule has 0 saturated carbocycles. The molecule has 1 aromatic rings. The lowest BCUT2D eigenvalue weighted by molar-refractivity contribution is 0.0779. The lowest BCUT2D eigenvalue weighted by Crippen LogP contribution is -2.30. The molecule has 1 heterocycles. The van der Waals surface area contributed by atoms with Crippen LogP contribution in [0.25, 0.3) is 0 Å². The molecule has 0 aliphatic heterocycles. The van der Waals surface area contributed by atoms with Gasteiger partial charge in [-0.15, -0.1) is 0 Å². The van der Waals surface area contributed by atoms with Crippen molar-refractivity contribution in [1.82, 2.24) is 9.88 Å². The fourth-order valence-corrected chi connectivity index (χ4v) is 2.14. The van der Waals surface area contributed by atoms with Crippen molar-refractivity contribution >= 4 is 17.5 Å². The Morgan fingerprint density at radius 3 is 2.67 bits per heavy atom. The standard InChI is InChI=1S/C14H21ClN2O/c1-5-6-12-7-11(8-13(15)16-12)14(18)17(4)9-10(2)3/h7-8,10H,5-6,9H2,1-4H3. The van der Waals surface area contributed by atoms with Gasteiger partial charge >= 0.3 is 0 Å². The number of aryl methyl sites for hydroxylation is 1. The summed E-state index contributed by atoms with van der Waals surface area (Å²) in [7, 11) is 1.82. The van der Waals surface area contributed by atoms with Gasteiger partial charge in [-0.2, -0.15) is 0 Å². The summed E-state index contributed by atoms with van der Waals surface area (Å²) in [5, 5.41) is 0.391. The smallest absolute Gasteiger partial charge is 0.253 e. The van der Waals surface area contributed by atoms with E-state index in [9.17, 15) is 4.79 Å². The minimum Gasteiger partial charge on any atom is -0.341 e. The average molecular weight is 269 g/mol. The van der Waals surface area contributed by atoms with Crippen LogP contribution >= 0.6 is 11.6 Å². The number of hydrogen-bond donors (Lipinski definition) is 0. The molecule has 18 heavy (non-hydrogen) atoms. The summed E-state index contributed by atoms with van der Waals surface area (Å²) < 4.78 is 0. The zero-order chi connectivity index (χ0) is 13.7. The highest BCUT2D eigenvalue weighted by Crippen LogP contribution is 2.14. The number of nitrogens with zero attached hydrogens (tertiary/aromatic N) is 2. The van der Waals surface area contributed by atoms with Crippen LogP contribution in [-0.4, -0.2) is 29.4 Å². The minimum absolute atomic E-state index is 0.00496. The first-order valence-corrected chi connectivity index (χ1v) is 6.73. The normalized spacial score (nSPS) is 10.8. The van der Waals surface area contributed by atoms with Crippen molar-refractivity contribution in [2.75, 3.05) is 13.6 Å². The summed E-state index contributed by atoms with van der Waals surface area (Å²) in [6.45, 7) is 6.99. The number of aromatic nitrogens is 1. The van der Waals surface area contributed by atoms with Gasteiger partial charge in [0.1, 0.15) is 5.15 Å². The molecular formula is C14H21ClN2O. The van der Waals surface area contributed by atoms with Crippen molar-refractivity contribution in [3.63, 3.8) is 0 Å². The monoisotopic (exact) mass is 268 g/mol. The molecule has 0 atom stereocenters. The SMILES string of the molecule is CCCc1cc(C(=O)N(C)CC(C)C)cc(Cl)n1. The van der Waals surface area contributed by atoms with Crippen molar-refractivity contribution in [3.8, 4) is 0 Å². The highest BCUT2D eigenvalue weighted by atomic mass is 35.5. The van der Waals surface area contributed by atoms with Crippen LogP contribution in [0.3, 0.4) is 0 Å². The van der Waals surface area contributed by atoms with Crippen LogP contribution in [0.15, 0.2) is 12.1 Å². The van der Waals surface area contributed by atoms with E-state index < -0.39 is 0 Å². The maximum absolute atomic E-state index is 12.2. The number of amides is 1. The van der Waals surface area contributed by atoms with Crippen LogP contribution < -0.4 is 0 Å². The molecule has 0 unspecified atom stereocenters. The summed E-state index contributed by atoms with van der Waals surface area (Å²) in [5.74, 6) is 0.455. The van der Waals surface area contributed by atoms with E-state index in [0.29, 0.717) is 16.6 Å². The van der Waals surface area contributed by atoms with E-state index in [1.807, 2.05) is 13.1 Å². The predicted octanol–water partition coefficient (Wildman–Crippen LogP) is 3.42. The van der Waals surface area contributed by atoms with Crippen LogP contribution in [0.4, 0.5) is 0 Å². The zero-order valence-corrected chi connectivity index (χ0v) is 12.3. The molecule has 0 fully saturated rings. The summed E-state index contributed by atoms with van der Waals surface area (Å²) in [6.07, 6.45) is 1.83. The molecule has 4 heteroatoms. The predicted molar refractivity (Wildman–Crippen MR) is 75.0 cm³/mol. The molecule has 1 rings (SSSR count). The van der Waals surface area contributed by atoms with Gasteiger partial charge in [-0.05, 0) is 24.5 Å². The quantitative estimate of drug-likeness (QED) is 0.767. The molecule has 0 bridgehead atoms. The summed E-state index contributed by atoms with van der Waals surface area (Å²) in [4.78, 5) is 18.2. The van der Waals surface area contributed by atoms with Crippen molar-refractivity contribution in [3.05, 3.63) is 28.5 Å². The second-order valence-electron chi connectivity index (χ2n) is 5.00. The van der Waals surface area contributed by atoms with E-state index in [4.69, 9.17) is 11.6 Å². The largest absolute Gasteiger partial charge is 0.341 e. The molecule has 100 valence electrons. The van der Waals surface area contributed by atoms with Crippen molar-refractivity contribution in [2.45, 2.75) is 33.6 Å². The first-order valence-electron chi connectivity index (χ1n) is 6.36. The number of halogens is 1.